The Hall–Kier alpha value is -4.20. The molecule has 2 bridgehead atoms. The third kappa shape index (κ3) is 3.14. The number of hydrogen-bond acceptors (Lipinski definition) is 5. The lowest BCUT2D eigenvalue weighted by molar-refractivity contribution is -0.384. The Morgan fingerprint density at radius 3 is 2.32 bits per heavy atom. The van der Waals surface area contributed by atoms with E-state index in [4.69, 9.17) is 4.42 Å². The molecule has 8 nitrogen and oxygen atoms in total. The molecule has 3 aliphatic rings. The predicted molar refractivity (Wildman–Crippen MR) is 125 cm³/mol. The fraction of sp³-hybridized carbons (Fsp3) is 0.231. The standard InChI is InChI=1S/C26H21N3O5/c30-24(14-28-22-10-9-16(29(32)33)12-23(22)34-26(28)31)27-13-15-11-21-17-5-1-3-7-19(17)25(15)20-8-4-2-6-18(20)21/h1-10,12,15,21,25H,11,13-14H2,(H,27,30). The Morgan fingerprint density at radius 1 is 1.03 bits per heavy atom. The Labute approximate surface area is 194 Å². The van der Waals surface area contributed by atoms with Crippen LogP contribution >= 0.6 is 0 Å². The highest BCUT2D eigenvalue weighted by molar-refractivity contribution is 5.80. The van der Waals surface area contributed by atoms with E-state index in [1.54, 1.807) is 0 Å². The molecular formula is C26H21N3O5. The van der Waals surface area contributed by atoms with Crippen molar-refractivity contribution in [2.45, 2.75) is 24.8 Å². The van der Waals surface area contributed by atoms with Crippen molar-refractivity contribution in [1.29, 1.82) is 0 Å². The van der Waals surface area contributed by atoms with E-state index in [0.29, 0.717) is 18.0 Å². The average molecular weight is 455 g/mol. The number of fused-ring (bicyclic) bond motifs is 2. The summed E-state index contributed by atoms with van der Waals surface area (Å²) in [6.07, 6.45) is 0.956. The zero-order valence-corrected chi connectivity index (χ0v) is 18.1. The molecule has 8 heteroatoms. The number of carbonyl (C=O) groups is 1. The molecule has 3 aliphatic carbocycles. The lowest BCUT2D eigenvalue weighted by Gasteiger charge is -2.45. The molecule has 170 valence electrons. The first-order valence-corrected chi connectivity index (χ1v) is 11.2. The fourth-order valence-electron chi connectivity index (χ4n) is 5.72. The number of nitrogens with one attached hydrogen (secondary N) is 1. The van der Waals surface area contributed by atoms with Gasteiger partial charge in [-0.1, -0.05) is 48.5 Å². The van der Waals surface area contributed by atoms with Crippen LogP contribution in [0.4, 0.5) is 5.69 Å². The summed E-state index contributed by atoms with van der Waals surface area (Å²) in [6, 6.07) is 21.0. The molecule has 1 aromatic heterocycles. The van der Waals surface area contributed by atoms with Crippen LogP contribution in [-0.4, -0.2) is 21.9 Å². The summed E-state index contributed by atoms with van der Waals surface area (Å²) in [7, 11) is 0. The van der Waals surface area contributed by atoms with Crippen molar-refractivity contribution >= 4 is 22.7 Å². The number of nitro groups is 1. The zero-order valence-electron chi connectivity index (χ0n) is 18.1. The van der Waals surface area contributed by atoms with Crippen molar-refractivity contribution in [3.05, 3.63) is 110 Å². The monoisotopic (exact) mass is 455 g/mol. The summed E-state index contributed by atoms with van der Waals surface area (Å²) in [5.74, 6) is -0.234. The lowest BCUT2D eigenvalue weighted by atomic mass is 9.59. The third-order valence-corrected chi connectivity index (χ3v) is 7.15. The van der Waals surface area contributed by atoms with E-state index in [2.05, 4.69) is 53.8 Å². The van der Waals surface area contributed by atoms with Crippen molar-refractivity contribution in [3.8, 4) is 0 Å². The van der Waals surface area contributed by atoms with Gasteiger partial charge in [0.2, 0.25) is 5.91 Å². The van der Waals surface area contributed by atoms with Crippen LogP contribution in [0, 0.1) is 16.0 Å². The van der Waals surface area contributed by atoms with E-state index in [1.165, 1.54) is 45.0 Å². The SMILES string of the molecule is O=C(Cn1c(=O)oc2cc([N+](=O)[O-])ccc21)NCC1CC2c3ccccc3C1c1ccccc12. The third-order valence-electron chi connectivity index (χ3n) is 7.15. The molecule has 34 heavy (non-hydrogen) atoms. The van der Waals surface area contributed by atoms with Gasteiger partial charge in [-0.25, -0.2) is 4.79 Å². The molecule has 1 heterocycles. The van der Waals surface area contributed by atoms with E-state index in [0.717, 1.165) is 6.42 Å². The Morgan fingerprint density at radius 2 is 1.68 bits per heavy atom. The molecule has 0 fully saturated rings. The lowest BCUT2D eigenvalue weighted by Crippen LogP contribution is -2.40. The molecule has 0 aliphatic heterocycles. The van der Waals surface area contributed by atoms with Crippen LogP contribution in [0.15, 0.2) is 75.9 Å². The largest absolute Gasteiger partial charge is 0.420 e. The van der Waals surface area contributed by atoms with Crippen molar-refractivity contribution in [2.75, 3.05) is 6.54 Å². The predicted octanol–water partition coefficient (Wildman–Crippen LogP) is 3.92. The Balaban J connectivity index is 1.22. The quantitative estimate of drug-likeness (QED) is 0.363. The van der Waals surface area contributed by atoms with Gasteiger partial charge in [0.05, 0.1) is 16.5 Å². The molecule has 0 radical (unpaired) electrons. The van der Waals surface area contributed by atoms with Crippen molar-refractivity contribution in [2.24, 2.45) is 5.92 Å². The summed E-state index contributed by atoms with van der Waals surface area (Å²) in [6.45, 7) is 0.288. The number of benzene rings is 3. The minimum Gasteiger partial charge on any atom is -0.407 e. The van der Waals surface area contributed by atoms with Crippen LogP contribution in [0.25, 0.3) is 11.1 Å². The number of oxazole rings is 1. The van der Waals surface area contributed by atoms with E-state index < -0.39 is 10.7 Å². The topological polar surface area (TPSA) is 107 Å². The van der Waals surface area contributed by atoms with Crippen LogP contribution in [0.3, 0.4) is 0 Å². The van der Waals surface area contributed by atoms with Crippen molar-refractivity contribution in [1.82, 2.24) is 9.88 Å². The first kappa shape index (κ1) is 20.4. The molecule has 1 N–H and O–H groups in total. The minimum absolute atomic E-state index is 0.0878. The van der Waals surface area contributed by atoms with E-state index in [9.17, 15) is 19.7 Å². The summed E-state index contributed by atoms with van der Waals surface area (Å²) >= 11 is 0. The van der Waals surface area contributed by atoms with Crippen LogP contribution in [0.1, 0.15) is 40.5 Å². The second-order valence-corrected chi connectivity index (χ2v) is 8.95. The molecule has 1 unspecified atom stereocenters. The molecule has 0 spiro atoms. The molecule has 4 aromatic rings. The van der Waals surface area contributed by atoms with Gasteiger partial charge in [0.1, 0.15) is 6.54 Å². The van der Waals surface area contributed by atoms with Crippen LogP contribution in [0.5, 0.6) is 0 Å². The summed E-state index contributed by atoms with van der Waals surface area (Å²) < 4.78 is 6.33. The smallest absolute Gasteiger partial charge is 0.407 e. The second kappa shape index (κ2) is 7.69. The minimum atomic E-state index is -0.717. The van der Waals surface area contributed by atoms with Gasteiger partial charge < -0.3 is 9.73 Å². The Kier molecular flexibility index (Phi) is 4.62. The normalized spacial score (nSPS) is 20.1. The van der Waals surface area contributed by atoms with E-state index in [1.807, 2.05) is 0 Å². The van der Waals surface area contributed by atoms with Crippen molar-refractivity contribution in [3.63, 3.8) is 0 Å². The molecule has 0 saturated carbocycles. The molecule has 1 atom stereocenters. The summed E-state index contributed by atoms with van der Waals surface area (Å²) in [5, 5.41) is 14.0. The number of non-ortho nitro benzene ring substituents is 1. The number of nitro benzene ring substituents is 1. The zero-order chi connectivity index (χ0) is 23.4. The highest BCUT2D eigenvalue weighted by Gasteiger charge is 2.42. The number of carbonyl (C=O) groups excluding carboxylic acids is 1. The van der Waals surface area contributed by atoms with Gasteiger partial charge in [0.25, 0.3) is 5.69 Å². The van der Waals surface area contributed by atoms with Crippen LogP contribution in [0.2, 0.25) is 0 Å². The second-order valence-electron chi connectivity index (χ2n) is 8.95. The van der Waals surface area contributed by atoms with Gasteiger partial charge in [-0.2, -0.15) is 0 Å². The van der Waals surface area contributed by atoms with Gasteiger partial charge in [0.15, 0.2) is 5.58 Å². The fourth-order valence-corrected chi connectivity index (χ4v) is 5.72. The molecule has 1 amide bonds. The number of rotatable bonds is 5. The highest BCUT2D eigenvalue weighted by Crippen LogP contribution is 2.55. The molecule has 3 aromatic carbocycles. The Bertz CT molecular complexity index is 1470. The van der Waals surface area contributed by atoms with Gasteiger partial charge >= 0.3 is 5.76 Å². The van der Waals surface area contributed by atoms with E-state index >= 15 is 0 Å². The number of hydrogen-bond donors (Lipinski definition) is 1. The maximum Gasteiger partial charge on any atom is 0.420 e. The van der Waals surface area contributed by atoms with Gasteiger partial charge in [-0.3, -0.25) is 19.5 Å². The first-order valence-electron chi connectivity index (χ1n) is 11.2. The summed E-state index contributed by atoms with van der Waals surface area (Å²) in [5.41, 5.74) is 5.67. The van der Waals surface area contributed by atoms with Gasteiger partial charge in [-0.05, 0) is 40.7 Å². The maximum atomic E-state index is 12.8. The van der Waals surface area contributed by atoms with Crippen LogP contribution < -0.4 is 11.1 Å². The maximum absolute atomic E-state index is 12.8. The molecule has 0 saturated heterocycles. The molecule has 7 rings (SSSR count). The average Bonchev–Trinajstić information content (AvgIpc) is 3.16. The summed E-state index contributed by atoms with van der Waals surface area (Å²) in [4.78, 5) is 35.5. The van der Waals surface area contributed by atoms with E-state index in [-0.39, 0.29) is 35.6 Å². The highest BCUT2D eigenvalue weighted by atomic mass is 16.6. The number of aromatic nitrogens is 1. The van der Waals surface area contributed by atoms with Gasteiger partial charge in [0, 0.05) is 24.4 Å². The van der Waals surface area contributed by atoms with Gasteiger partial charge in [-0.15, -0.1) is 0 Å². The first-order chi connectivity index (χ1) is 16.5. The molecular weight excluding hydrogens is 434 g/mol. The number of nitrogens with zero attached hydrogens (tertiary/aromatic N) is 2. The number of amides is 1. The van der Waals surface area contributed by atoms with Crippen molar-refractivity contribution < 1.29 is 14.1 Å². The van der Waals surface area contributed by atoms with Crippen LogP contribution in [-0.2, 0) is 11.3 Å².